The van der Waals surface area contributed by atoms with Crippen molar-refractivity contribution in [3.8, 4) is 0 Å². The fraction of sp³-hybridized carbons (Fsp3) is 0.733. The second-order valence-corrected chi connectivity index (χ2v) is 6.36. The fourth-order valence-corrected chi connectivity index (χ4v) is 2.70. The Balaban J connectivity index is 2.04. The first-order valence-electron chi connectivity index (χ1n) is 7.34. The summed E-state index contributed by atoms with van der Waals surface area (Å²) in [7, 11) is 0. The molecule has 4 heteroatoms. The molecule has 1 aromatic rings. The first kappa shape index (κ1) is 14.1. The molecule has 0 amide bonds. The zero-order valence-electron chi connectivity index (χ0n) is 12.3. The maximum absolute atomic E-state index is 12.2. The second kappa shape index (κ2) is 5.76. The molecule has 4 nitrogen and oxygen atoms in total. The van der Waals surface area contributed by atoms with E-state index in [2.05, 4.69) is 31.1 Å². The molecule has 1 aliphatic carbocycles. The lowest BCUT2D eigenvalue weighted by molar-refractivity contribution is 0.232. The summed E-state index contributed by atoms with van der Waals surface area (Å²) in [4.78, 5) is 16.4. The van der Waals surface area contributed by atoms with E-state index in [0.29, 0.717) is 17.3 Å². The largest absolute Gasteiger partial charge is 0.363 e. The minimum absolute atomic E-state index is 0.00850. The van der Waals surface area contributed by atoms with Crippen molar-refractivity contribution in [3.05, 3.63) is 22.7 Å². The van der Waals surface area contributed by atoms with Crippen molar-refractivity contribution < 1.29 is 0 Å². The van der Waals surface area contributed by atoms with Crippen molar-refractivity contribution in [1.82, 2.24) is 9.55 Å². The molecule has 0 radical (unpaired) electrons. The van der Waals surface area contributed by atoms with E-state index in [4.69, 9.17) is 0 Å². The van der Waals surface area contributed by atoms with Gasteiger partial charge in [-0.3, -0.25) is 4.79 Å². The molecule has 2 rings (SSSR count). The van der Waals surface area contributed by atoms with Crippen LogP contribution in [0.25, 0.3) is 0 Å². The molecule has 19 heavy (non-hydrogen) atoms. The standard InChI is InChI=1S/C15H25N3O/c1-4-10-18-11-9-16-13(14(18)19)17-12-5-7-15(2,3)8-6-12/h9,11-12H,4-8,10H2,1-3H3,(H,16,17). The van der Waals surface area contributed by atoms with Crippen LogP contribution in [-0.4, -0.2) is 15.6 Å². The number of hydrogen-bond donors (Lipinski definition) is 1. The van der Waals surface area contributed by atoms with E-state index in [1.165, 1.54) is 12.8 Å². The van der Waals surface area contributed by atoms with Gasteiger partial charge < -0.3 is 9.88 Å². The molecule has 1 fully saturated rings. The molecule has 1 saturated carbocycles. The van der Waals surface area contributed by atoms with Crippen LogP contribution in [0.5, 0.6) is 0 Å². The van der Waals surface area contributed by atoms with E-state index in [9.17, 15) is 4.79 Å². The molecular formula is C15H25N3O. The number of aryl methyl sites for hydroxylation is 1. The smallest absolute Gasteiger partial charge is 0.293 e. The number of nitrogens with one attached hydrogen (secondary N) is 1. The van der Waals surface area contributed by atoms with E-state index >= 15 is 0 Å². The van der Waals surface area contributed by atoms with E-state index in [1.54, 1.807) is 17.0 Å². The van der Waals surface area contributed by atoms with E-state index in [0.717, 1.165) is 25.8 Å². The average molecular weight is 263 g/mol. The molecule has 1 aliphatic rings. The second-order valence-electron chi connectivity index (χ2n) is 6.36. The molecule has 0 bridgehead atoms. The summed E-state index contributed by atoms with van der Waals surface area (Å²) < 4.78 is 1.74. The summed E-state index contributed by atoms with van der Waals surface area (Å²) in [6.07, 6.45) is 9.10. The molecule has 1 N–H and O–H groups in total. The summed E-state index contributed by atoms with van der Waals surface area (Å²) >= 11 is 0. The van der Waals surface area contributed by atoms with Crippen molar-refractivity contribution in [3.63, 3.8) is 0 Å². The predicted octanol–water partition coefficient (Wildman–Crippen LogP) is 3.03. The van der Waals surface area contributed by atoms with Crippen LogP contribution < -0.4 is 10.9 Å². The Morgan fingerprint density at radius 1 is 1.42 bits per heavy atom. The zero-order valence-corrected chi connectivity index (χ0v) is 12.3. The Labute approximate surface area is 115 Å². The number of aromatic nitrogens is 2. The lowest BCUT2D eigenvalue weighted by Crippen LogP contribution is -2.33. The Morgan fingerprint density at radius 2 is 2.11 bits per heavy atom. The van der Waals surface area contributed by atoms with Crippen LogP contribution in [0.2, 0.25) is 0 Å². The third-order valence-corrected chi connectivity index (χ3v) is 4.06. The highest BCUT2D eigenvalue weighted by Crippen LogP contribution is 2.35. The van der Waals surface area contributed by atoms with Gasteiger partial charge in [0.1, 0.15) is 0 Å². The number of hydrogen-bond acceptors (Lipinski definition) is 3. The first-order valence-corrected chi connectivity index (χ1v) is 7.34. The summed E-state index contributed by atoms with van der Waals surface area (Å²) in [5.74, 6) is 0.514. The molecule has 106 valence electrons. The lowest BCUT2D eigenvalue weighted by Gasteiger charge is -2.34. The molecule has 0 atom stereocenters. The third-order valence-electron chi connectivity index (χ3n) is 4.06. The van der Waals surface area contributed by atoms with Gasteiger partial charge in [-0.05, 0) is 37.5 Å². The maximum Gasteiger partial charge on any atom is 0.293 e. The average Bonchev–Trinajstić information content (AvgIpc) is 2.37. The van der Waals surface area contributed by atoms with Crippen LogP contribution in [-0.2, 0) is 6.54 Å². The van der Waals surface area contributed by atoms with Crippen LogP contribution in [0.3, 0.4) is 0 Å². The van der Waals surface area contributed by atoms with Gasteiger partial charge in [-0.2, -0.15) is 0 Å². The molecule has 1 heterocycles. The molecule has 1 aromatic heterocycles. The highest BCUT2D eigenvalue weighted by Gasteiger charge is 2.27. The molecule has 0 aromatic carbocycles. The number of anilines is 1. The number of nitrogens with zero attached hydrogens (tertiary/aromatic N) is 2. The minimum Gasteiger partial charge on any atom is -0.363 e. The van der Waals surface area contributed by atoms with Crippen LogP contribution in [0, 0.1) is 5.41 Å². The predicted molar refractivity (Wildman–Crippen MR) is 78.4 cm³/mol. The monoisotopic (exact) mass is 263 g/mol. The quantitative estimate of drug-likeness (QED) is 0.908. The van der Waals surface area contributed by atoms with Crippen molar-refractivity contribution in [2.75, 3.05) is 5.32 Å². The fourth-order valence-electron chi connectivity index (χ4n) is 2.70. The molecule has 0 aliphatic heterocycles. The zero-order chi connectivity index (χ0) is 13.9. The van der Waals surface area contributed by atoms with E-state index < -0.39 is 0 Å². The highest BCUT2D eigenvalue weighted by atomic mass is 16.1. The normalized spacial score (nSPS) is 19.3. The van der Waals surface area contributed by atoms with Gasteiger partial charge in [-0.25, -0.2) is 4.98 Å². The van der Waals surface area contributed by atoms with Gasteiger partial charge >= 0.3 is 0 Å². The minimum atomic E-state index is 0.00850. The van der Waals surface area contributed by atoms with Gasteiger partial charge in [0.05, 0.1) is 0 Å². The van der Waals surface area contributed by atoms with Crippen molar-refractivity contribution in [2.45, 2.75) is 65.5 Å². The van der Waals surface area contributed by atoms with Crippen LogP contribution in [0.15, 0.2) is 17.2 Å². The molecule has 0 unspecified atom stereocenters. The van der Waals surface area contributed by atoms with Gasteiger partial charge in [-0.1, -0.05) is 20.8 Å². The van der Waals surface area contributed by atoms with Gasteiger partial charge in [-0.15, -0.1) is 0 Å². The Hall–Kier alpha value is -1.32. The topological polar surface area (TPSA) is 46.9 Å². The summed E-state index contributed by atoms with van der Waals surface area (Å²) in [6, 6.07) is 0.394. The van der Waals surface area contributed by atoms with Crippen molar-refractivity contribution in [2.24, 2.45) is 5.41 Å². The van der Waals surface area contributed by atoms with Gasteiger partial charge in [0, 0.05) is 25.0 Å². The molecule has 0 spiro atoms. The highest BCUT2D eigenvalue weighted by molar-refractivity contribution is 5.32. The van der Waals surface area contributed by atoms with Gasteiger partial charge in [0.25, 0.3) is 5.56 Å². The SMILES string of the molecule is CCCn1ccnc(NC2CCC(C)(C)CC2)c1=O. The van der Waals surface area contributed by atoms with E-state index in [1.807, 2.05) is 0 Å². The van der Waals surface area contributed by atoms with Crippen LogP contribution in [0.4, 0.5) is 5.82 Å². The Bertz CT molecular complexity index is 469. The summed E-state index contributed by atoms with van der Waals surface area (Å²) in [5, 5.41) is 3.34. The first-order chi connectivity index (χ1) is 9.02. The third kappa shape index (κ3) is 3.58. The van der Waals surface area contributed by atoms with E-state index in [-0.39, 0.29) is 5.56 Å². The summed E-state index contributed by atoms with van der Waals surface area (Å²) in [5.41, 5.74) is 0.458. The number of rotatable bonds is 4. The van der Waals surface area contributed by atoms with Gasteiger partial charge in [0.2, 0.25) is 0 Å². The van der Waals surface area contributed by atoms with Crippen molar-refractivity contribution in [1.29, 1.82) is 0 Å². The molecule has 0 saturated heterocycles. The molecular weight excluding hydrogens is 238 g/mol. The summed E-state index contributed by atoms with van der Waals surface area (Å²) in [6.45, 7) is 7.47. The Morgan fingerprint density at radius 3 is 2.74 bits per heavy atom. The lowest BCUT2D eigenvalue weighted by atomic mass is 9.75. The van der Waals surface area contributed by atoms with Crippen molar-refractivity contribution >= 4 is 5.82 Å². The van der Waals surface area contributed by atoms with Crippen LogP contribution in [0.1, 0.15) is 52.9 Å². The maximum atomic E-state index is 12.2. The van der Waals surface area contributed by atoms with Crippen LogP contribution >= 0.6 is 0 Å². The Kier molecular flexibility index (Phi) is 4.27. The van der Waals surface area contributed by atoms with Gasteiger partial charge in [0.15, 0.2) is 5.82 Å².